The Balaban J connectivity index is 1.09. The van der Waals surface area contributed by atoms with Gasteiger partial charge in [-0.2, -0.15) is 0 Å². The van der Waals surface area contributed by atoms with Crippen LogP contribution in [-0.4, -0.2) is 73.6 Å². The zero-order chi connectivity index (χ0) is 43.6. The highest BCUT2D eigenvalue weighted by atomic mass is 16.7. The van der Waals surface area contributed by atoms with Gasteiger partial charge in [0.05, 0.1) is 59.0 Å². The first kappa shape index (κ1) is 45.5. The monoisotopic (exact) mass is 866 g/mol. The summed E-state index contributed by atoms with van der Waals surface area (Å²) in [5.41, 5.74) is 6.01. The van der Waals surface area contributed by atoms with E-state index in [1.807, 2.05) is 182 Å². The SMILES string of the molecule is O[C@H]1O[C@H](COCc2ccccc2)[C@@H](OCc2ccccc2)[C@H](O[C@H]2C[C@@H](OCc3ccccc3)[C@H](OCc3ccccc3)[C@@H](COCc3ccccc3)O2)[C@H]1OCc1ccccc1. The summed E-state index contributed by atoms with van der Waals surface area (Å²) in [6, 6.07) is 59.8. The Morgan fingerprint density at radius 1 is 0.375 bits per heavy atom. The van der Waals surface area contributed by atoms with E-state index >= 15 is 0 Å². The summed E-state index contributed by atoms with van der Waals surface area (Å²) in [5, 5.41) is 11.9. The molecule has 0 aromatic heterocycles. The lowest BCUT2D eigenvalue weighted by Gasteiger charge is -2.47. The Labute approximate surface area is 376 Å². The molecule has 8 rings (SSSR count). The molecule has 0 amide bonds. The highest BCUT2D eigenvalue weighted by Gasteiger charge is 2.51. The molecule has 0 unspecified atom stereocenters. The van der Waals surface area contributed by atoms with Gasteiger partial charge in [0.2, 0.25) is 0 Å². The van der Waals surface area contributed by atoms with Crippen LogP contribution >= 0.6 is 0 Å². The molecule has 0 saturated carbocycles. The first-order valence-corrected chi connectivity index (χ1v) is 22.1. The maximum absolute atomic E-state index is 11.9. The molecule has 2 fully saturated rings. The topological polar surface area (TPSA) is 103 Å². The van der Waals surface area contributed by atoms with Crippen LogP contribution in [0.4, 0.5) is 0 Å². The fraction of sp³-hybridized carbons (Fsp3) is 0.333. The van der Waals surface area contributed by atoms with Crippen LogP contribution in [0, 0.1) is 0 Å². The quantitative estimate of drug-likeness (QED) is 0.0712. The maximum atomic E-state index is 11.9. The summed E-state index contributed by atoms with van der Waals surface area (Å²) >= 11 is 0. The number of hydrogen-bond donors (Lipinski definition) is 1. The largest absolute Gasteiger partial charge is 0.374 e. The lowest BCUT2D eigenvalue weighted by Crippen LogP contribution is -2.63. The van der Waals surface area contributed by atoms with Gasteiger partial charge in [0.25, 0.3) is 0 Å². The van der Waals surface area contributed by atoms with Crippen LogP contribution in [0.25, 0.3) is 0 Å². The molecule has 6 aromatic rings. The molecule has 2 aliphatic heterocycles. The number of rotatable bonds is 22. The normalized spacial score (nSPS) is 24.6. The van der Waals surface area contributed by atoms with Crippen molar-refractivity contribution in [3.63, 3.8) is 0 Å². The summed E-state index contributed by atoms with van der Waals surface area (Å²) in [7, 11) is 0. The lowest BCUT2D eigenvalue weighted by atomic mass is 9.97. The molecule has 9 atom stereocenters. The van der Waals surface area contributed by atoms with E-state index in [2.05, 4.69) is 0 Å². The number of aliphatic hydroxyl groups excluding tert-OH is 1. The minimum absolute atomic E-state index is 0.121. The molecule has 2 saturated heterocycles. The summed E-state index contributed by atoms with van der Waals surface area (Å²) in [6.07, 6.45) is -6.87. The number of benzene rings is 6. The Morgan fingerprint density at radius 2 is 0.719 bits per heavy atom. The fourth-order valence-electron chi connectivity index (χ4n) is 8.04. The molecule has 334 valence electrons. The Bertz CT molecular complexity index is 2170. The van der Waals surface area contributed by atoms with Crippen LogP contribution in [0.1, 0.15) is 39.8 Å². The van der Waals surface area contributed by atoms with E-state index in [1.54, 1.807) is 0 Å². The van der Waals surface area contributed by atoms with Crippen molar-refractivity contribution < 1.29 is 47.7 Å². The van der Waals surface area contributed by atoms with E-state index in [4.69, 9.17) is 42.6 Å². The fourth-order valence-corrected chi connectivity index (χ4v) is 8.04. The van der Waals surface area contributed by atoms with Crippen molar-refractivity contribution in [2.45, 2.75) is 101 Å². The average molecular weight is 867 g/mol. The highest BCUT2D eigenvalue weighted by Crippen LogP contribution is 2.35. The molecule has 0 aliphatic carbocycles. The third kappa shape index (κ3) is 13.5. The van der Waals surface area contributed by atoms with Gasteiger partial charge in [-0.3, -0.25) is 0 Å². The third-order valence-corrected chi connectivity index (χ3v) is 11.4. The summed E-state index contributed by atoms with van der Waals surface area (Å²) in [5.74, 6) is 0. The van der Waals surface area contributed by atoms with Crippen molar-refractivity contribution in [2.24, 2.45) is 0 Å². The van der Waals surface area contributed by atoms with Crippen LogP contribution < -0.4 is 0 Å². The van der Waals surface area contributed by atoms with Gasteiger partial charge in [-0.15, -0.1) is 0 Å². The van der Waals surface area contributed by atoms with Gasteiger partial charge in [-0.25, -0.2) is 0 Å². The Hall–Kier alpha value is -5.08. The second-order valence-electron chi connectivity index (χ2n) is 16.1. The standard InChI is InChI=1S/C54H58O10/c55-54-53(61-37-45-29-17-6-18-30-45)52(51(60-36-44-27-15-5-16-28-44)48(63-54)39-57-33-41-21-9-2-10-22-41)64-49-31-46(58-34-42-23-11-3-12-24-42)50(59-35-43-25-13-4-14-26-43)47(62-49)38-56-32-40-19-7-1-8-20-40/h1-30,46-55H,31-39H2/t46-,47-,48-,49+,50+,51-,52+,53-,54+/m1/s1. The van der Waals surface area contributed by atoms with Crippen LogP contribution in [0.3, 0.4) is 0 Å². The van der Waals surface area contributed by atoms with Gasteiger partial charge in [0, 0.05) is 6.42 Å². The van der Waals surface area contributed by atoms with Crippen LogP contribution in [0.15, 0.2) is 182 Å². The van der Waals surface area contributed by atoms with Crippen molar-refractivity contribution in [3.05, 3.63) is 215 Å². The van der Waals surface area contributed by atoms with Crippen LogP contribution in [-0.2, 0) is 82.3 Å². The predicted molar refractivity (Wildman–Crippen MR) is 241 cm³/mol. The van der Waals surface area contributed by atoms with E-state index in [0.29, 0.717) is 32.8 Å². The number of aliphatic hydroxyl groups is 1. The molecular weight excluding hydrogens is 809 g/mol. The minimum Gasteiger partial charge on any atom is -0.374 e. The predicted octanol–water partition coefficient (Wildman–Crippen LogP) is 8.98. The molecule has 2 heterocycles. The van der Waals surface area contributed by atoms with Crippen molar-refractivity contribution in [3.8, 4) is 0 Å². The third-order valence-electron chi connectivity index (χ3n) is 11.4. The van der Waals surface area contributed by atoms with E-state index in [9.17, 15) is 5.11 Å². The van der Waals surface area contributed by atoms with Gasteiger partial charge in [0.15, 0.2) is 12.6 Å². The summed E-state index contributed by atoms with van der Waals surface area (Å²) in [6.45, 7) is 2.21. The van der Waals surface area contributed by atoms with Gasteiger partial charge in [0.1, 0.15) is 36.6 Å². The molecular formula is C54H58O10. The minimum atomic E-state index is -1.38. The van der Waals surface area contributed by atoms with Crippen LogP contribution in [0.5, 0.6) is 0 Å². The zero-order valence-electron chi connectivity index (χ0n) is 36.0. The summed E-state index contributed by atoms with van der Waals surface area (Å²) < 4.78 is 59.9. The first-order valence-electron chi connectivity index (χ1n) is 22.1. The van der Waals surface area contributed by atoms with Crippen LogP contribution in [0.2, 0.25) is 0 Å². The molecule has 0 radical (unpaired) electrons. The average Bonchev–Trinajstić information content (AvgIpc) is 3.34. The van der Waals surface area contributed by atoms with E-state index in [1.165, 1.54) is 0 Å². The smallest absolute Gasteiger partial charge is 0.184 e. The molecule has 1 N–H and O–H groups in total. The molecule has 0 bridgehead atoms. The Morgan fingerprint density at radius 3 is 1.14 bits per heavy atom. The van der Waals surface area contributed by atoms with E-state index < -0.39 is 55.3 Å². The first-order chi connectivity index (χ1) is 31.6. The highest BCUT2D eigenvalue weighted by molar-refractivity contribution is 5.18. The van der Waals surface area contributed by atoms with E-state index in [0.717, 1.165) is 33.4 Å². The molecule has 6 aromatic carbocycles. The number of ether oxygens (including phenoxy) is 9. The molecule has 0 spiro atoms. The van der Waals surface area contributed by atoms with Crippen molar-refractivity contribution in [1.29, 1.82) is 0 Å². The number of hydrogen-bond acceptors (Lipinski definition) is 10. The molecule has 2 aliphatic rings. The Kier molecular flexibility index (Phi) is 17.3. The van der Waals surface area contributed by atoms with Gasteiger partial charge in [-0.1, -0.05) is 182 Å². The van der Waals surface area contributed by atoms with Gasteiger partial charge < -0.3 is 47.7 Å². The second kappa shape index (κ2) is 24.3. The maximum Gasteiger partial charge on any atom is 0.184 e. The molecule has 10 nitrogen and oxygen atoms in total. The molecule has 64 heavy (non-hydrogen) atoms. The van der Waals surface area contributed by atoms with Gasteiger partial charge >= 0.3 is 0 Å². The van der Waals surface area contributed by atoms with Crippen molar-refractivity contribution in [1.82, 2.24) is 0 Å². The zero-order valence-corrected chi connectivity index (χ0v) is 36.0. The van der Waals surface area contributed by atoms with Crippen molar-refractivity contribution >= 4 is 0 Å². The summed E-state index contributed by atoms with van der Waals surface area (Å²) in [4.78, 5) is 0. The van der Waals surface area contributed by atoms with Crippen molar-refractivity contribution in [2.75, 3.05) is 13.2 Å². The lowest BCUT2D eigenvalue weighted by molar-refractivity contribution is -0.354. The van der Waals surface area contributed by atoms with E-state index in [-0.39, 0.29) is 26.4 Å². The second-order valence-corrected chi connectivity index (χ2v) is 16.1. The van der Waals surface area contributed by atoms with Gasteiger partial charge in [-0.05, 0) is 33.4 Å². The molecule has 10 heteroatoms.